The van der Waals surface area contributed by atoms with Crippen molar-refractivity contribution >= 4 is 11.9 Å². The summed E-state index contributed by atoms with van der Waals surface area (Å²) >= 11 is 0. The maximum atomic E-state index is 12.4. The Labute approximate surface area is 160 Å². The van der Waals surface area contributed by atoms with Gasteiger partial charge in [0.2, 0.25) is 5.91 Å². The van der Waals surface area contributed by atoms with Gasteiger partial charge in [0.25, 0.3) is 0 Å². The first kappa shape index (κ1) is 22.7. The number of likely N-dealkylation sites (N-methyl/N-ethyl adjacent to an activating group) is 2. The van der Waals surface area contributed by atoms with E-state index in [-0.39, 0.29) is 17.4 Å². The highest BCUT2D eigenvalue weighted by Gasteiger charge is 2.35. The molecule has 0 aromatic rings. The molecule has 0 aliphatic carbocycles. The van der Waals surface area contributed by atoms with Gasteiger partial charge in [-0.25, -0.2) is 0 Å². The smallest absolute Gasteiger partial charge is 0.242 e. The summed E-state index contributed by atoms with van der Waals surface area (Å²) in [4.78, 5) is 21.0. The van der Waals surface area contributed by atoms with E-state index in [1.807, 2.05) is 30.7 Å². The van der Waals surface area contributed by atoms with Gasteiger partial charge in [0.1, 0.15) is 0 Å². The minimum absolute atomic E-state index is 0.115. The Hall–Kier alpha value is -1.30. The molecule has 6 nitrogen and oxygen atoms in total. The molecule has 26 heavy (non-hydrogen) atoms. The maximum absolute atomic E-state index is 12.4. The lowest BCUT2D eigenvalue weighted by molar-refractivity contribution is -0.131. The molecule has 0 radical (unpaired) electrons. The van der Waals surface area contributed by atoms with Crippen LogP contribution in [0.2, 0.25) is 0 Å². The third-order valence-corrected chi connectivity index (χ3v) is 4.96. The molecule has 1 amide bonds. The maximum Gasteiger partial charge on any atom is 0.242 e. The van der Waals surface area contributed by atoms with Gasteiger partial charge in [0.05, 0.1) is 12.6 Å². The Balaban J connectivity index is 2.79. The van der Waals surface area contributed by atoms with Crippen LogP contribution in [0.4, 0.5) is 0 Å². The number of amides is 1. The lowest BCUT2D eigenvalue weighted by atomic mass is 9.78. The number of hydrogen-bond donors (Lipinski definition) is 1. The van der Waals surface area contributed by atoms with Crippen molar-refractivity contribution in [2.24, 2.45) is 16.3 Å². The normalized spacial score (nSPS) is 21.4. The lowest BCUT2D eigenvalue weighted by Crippen LogP contribution is -2.46. The predicted octanol–water partition coefficient (Wildman–Crippen LogP) is 2.59. The van der Waals surface area contributed by atoms with Crippen LogP contribution in [-0.2, 0) is 9.53 Å². The number of ether oxygens (including phenoxy) is 1. The lowest BCUT2D eigenvalue weighted by Gasteiger charge is -2.39. The second-order valence-electron chi connectivity index (χ2n) is 8.18. The fourth-order valence-electron chi connectivity index (χ4n) is 3.61. The fraction of sp³-hybridized carbons (Fsp3) is 0.900. The Bertz CT molecular complexity index is 455. The van der Waals surface area contributed by atoms with Crippen LogP contribution in [0.3, 0.4) is 0 Å². The topological polar surface area (TPSA) is 57.2 Å². The standard InChI is InChI=1S/C20H40N4O2/c1-8-21-19(23(7)15-17(25)24(9-2)10-3)22-14-16-12-11-13-26-18(16)20(4,5)6/h16,18H,8-15H2,1-7H3,(H,21,22). The number of rotatable bonds is 7. The Morgan fingerprint density at radius 1 is 1.23 bits per heavy atom. The summed E-state index contributed by atoms with van der Waals surface area (Å²) in [5.74, 6) is 1.35. The molecule has 1 aliphatic heterocycles. The molecule has 0 aromatic heterocycles. The van der Waals surface area contributed by atoms with Crippen molar-refractivity contribution in [1.29, 1.82) is 0 Å². The zero-order valence-electron chi connectivity index (χ0n) is 18.0. The average Bonchev–Trinajstić information content (AvgIpc) is 2.59. The molecule has 6 heteroatoms. The molecule has 0 spiro atoms. The molecule has 1 fully saturated rings. The number of hydrogen-bond acceptors (Lipinski definition) is 3. The molecular weight excluding hydrogens is 328 g/mol. The van der Waals surface area contributed by atoms with Crippen LogP contribution in [0.15, 0.2) is 4.99 Å². The highest BCUT2D eigenvalue weighted by molar-refractivity contribution is 5.86. The van der Waals surface area contributed by atoms with Crippen molar-refractivity contribution in [1.82, 2.24) is 15.1 Å². The van der Waals surface area contributed by atoms with Gasteiger partial charge in [-0.2, -0.15) is 0 Å². The van der Waals surface area contributed by atoms with Crippen LogP contribution in [-0.4, -0.2) is 74.1 Å². The van der Waals surface area contributed by atoms with Gasteiger partial charge in [0.15, 0.2) is 5.96 Å². The van der Waals surface area contributed by atoms with Crippen LogP contribution in [0.5, 0.6) is 0 Å². The van der Waals surface area contributed by atoms with Crippen molar-refractivity contribution in [2.45, 2.75) is 60.5 Å². The summed E-state index contributed by atoms with van der Waals surface area (Å²) < 4.78 is 6.07. The molecule has 1 aliphatic rings. The van der Waals surface area contributed by atoms with Gasteiger partial charge in [0, 0.05) is 45.8 Å². The molecule has 152 valence electrons. The first-order valence-electron chi connectivity index (χ1n) is 10.1. The average molecular weight is 369 g/mol. The number of nitrogens with zero attached hydrogens (tertiary/aromatic N) is 3. The van der Waals surface area contributed by atoms with Crippen molar-refractivity contribution < 1.29 is 9.53 Å². The Kier molecular flexibility index (Phi) is 9.41. The van der Waals surface area contributed by atoms with Gasteiger partial charge >= 0.3 is 0 Å². The van der Waals surface area contributed by atoms with E-state index in [0.29, 0.717) is 12.5 Å². The first-order chi connectivity index (χ1) is 12.2. The molecule has 1 heterocycles. The van der Waals surface area contributed by atoms with Crippen LogP contribution in [0, 0.1) is 11.3 Å². The summed E-state index contributed by atoms with van der Waals surface area (Å²) in [6.07, 6.45) is 2.47. The zero-order valence-corrected chi connectivity index (χ0v) is 18.0. The highest BCUT2D eigenvalue weighted by atomic mass is 16.5. The largest absolute Gasteiger partial charge is 0.377 e. The van der Waals surface area contributed by atoms with Crippen molar-refractivity contribution in [3.8, 4) is 0 Å². The summed E-state index contributed by atoms with van der Waals surface area (Å²) in [6.45, 7) is 17.0. The first-order valence-corrected chi connectivity index (χ1v) is 10.1. The number of carbonyl (C=O) groups is 1. The second-order valence-corrected chi connectivity index (χ2v) is 8.18. The minimum Gasteiger partial charge on any atom is -0.377 e. The third-order valence-electron chi connectivity index (χ3n) is 4.96. The number of carbonyl (C=O) groups excluding carboxylic acids is 1. The molecular formula is C20H40N4O2. The molecule has 0 bridgehead atoms. The SMILES string of the molecule is CCNC(=NCC1CCCOC1C(C)(C)C)N(C)CC(=O)N(CC)CC. The number of aliphatic imine (C=N–C) groups is 1. The van der Waals surface area contributed by atoms with Gasteiger partial charge in [-0.15, -0.1) is 0 Å². The van der Waals surface area contributed by atoms with Crippen molar-refractivity contribution in [2.75, 3.05) is 46.4 Å². The highest BCUT2D eigenvalue weighted by Crippen LogP contribution is 2.34. The number of nitrogens with one attached hydrogen (secondary N) is 1. The Morgan fingerprint density at radius 2 is 1.88 bits per heavy atom. The van der Waals surface area contributed by atoms with E-state index in [1.54, 1.807) is 0 Å². The van der Waals surface area contributed by atoms with Crippen LogP contribution in [0.1, 0.15) is 54.4 Å². The van der Waals surface area contributed by atoms with Crippen molar-refractivity contribution in [3.05, 3.63) is 0 Å². The minimum atomic E-state index is 0.115. The molecule has 1 rings (SSSR count). The van der Waals surface area contributed by atoms with Gasteiger partial charge < -0.3 is 19.9 Å². The van der Waals surface area contributed by atoms with E-state index in [2.05, 4.69) is 33.0 Å². The van der Waals surface area contributed by atoms with E-state index in [1.165, 1.54) is 0 Å². The van der Waals surface area contributed by atoms with Gasteiger partial charge in [-0.05, 0) is 39.0 Å². The summed E-state index contributed by atoms with van der Waals surface area (Å²) in [5, 5.41) is 3.32. The van der Waals surface area contributed by atoms with Crippen LogP contribution < -0.4 is 5.32 Å². The zero-order chi connectivity index (χ0) is 19.7. The quantitative estimate of drug-likeness (QED) is 0.554. The van der Waals surface area contributed by atoms with E-state index < -0.39 is 0 Å². The summed E-state index contributed by atoms with van der Waals surface area (Å²) in [5.41, 5.74) is 0.115. The van der Waals surface area contributed by atoms with E-state index >= 15 is 0 Å². The van der Waals surface area contributed by atoms with E-state index in [9.17, 15) is 4.79 Å². The van der Waals surface area contributed by atoms with Gasteiger partial charge in [-0.3, -0.25) is 9.79 Å². The number of guanidine groups is 1. The van der Waals surface area contributed by atoms with E-state index in [4.69, 9.17) is 9.73 Å². The summed E-state index contributed by atoms with van der Waals surface area (Å²) in [6, 6.07) is 0. The second kappa shape index (κ2) is 10.8. The molecule has 2 atom stereocenters. The summed E-state index contributed by atoms with van der Waals surface area (Å²) in [7, 11) is 1.93. The molecule has 1 N–H and O–H groups in total. The molecule has 2 unspecified atom stereocenters. The fourth-order valence-corrected chi connectivity index (χ4v) is 3.61. The molecule has 1 saturated heterocycles. The molecule has 0 aromatic carbocycles. The van der Waals surface area contributed by atoms with Crippen molar-refractivity contribution in [3.63, 3.8) is 0 Å². The van der Waals surface area contributed by atoms with Crippen LogP contribution >= 0.6 is 0 Å². The van der Waals surface area contributed by atoms with Crippen LogP contribution in [0.25, 0.3) is 0 Å². The molecule has 0 saturated carbocycles. The van der Waals surface area contributed by atoms with Gasteiger partial charge in [-0.1, -0.05) is 20.8 Å². The third kappa shape index (κ3) is 6.78. The predicted molar refractivity (Wildman–Crippen MR) is 108 cm³/mol. The Morgan fingerprint density at radius 3 is 2.42 bits per heavy atom. The van der Waals surface area contributed by atoms with E-state index in [0.717, 1.165) is 51.6 Å². The monoisotopic (exact) mass is 368 g/mol.